The fourth-order valence-electron chi connectivity index (χ4n) is 4.11. The van der Waals surface area contributed by atoms with E-state index in [0.717, 1.165) is 27.1 Å². The minimum absolute atomic E-state index is 0.0616. The Morgan fingerprint density at radius 3 is 2.28 bits per heavy atom. The highest BCUT2D eigenvalue weighted by Gasteiger charge is 2.34. The minimum atomic E-state index is -3.62. The predicted octanol–water partition coefficient (Wildman–Crippen LogP) is 4.59. The van der Waals surface area contributed by atoms with Gasteiger partial charge >= 0.3 is 5.97 Å². The van der Waals surface area contributed by atoms with E-state index in [1.807, 2.05) is 45.2 Å². The van der Waals surface area contributed by atoms with E-state index in [9.17, 15) is 18.0 Å². The topological polar surface area (TPSA) is 80.8 Å². The van der Waals surface area contributed by atoms with Gasteiger partial charge in [0.1, 0.15) is 0 Å². The van der Waals surface area contributed by atoms with Crippen LogP contribution in [0.3, 0.4) is 0 Å². The molecule has 0 spiro atoms. The molecule has 1 aromatic heterocycles. The van der Waals surface area contributed by atoms with Gasteiger partial charge < -0.3 is 4.74 Å². The first-order valence-electron chi connectivity index (χ1n) is 10.9. The lowest BCUT2D eigenvalue weighted by molar-refractivity contribution is -0.149. The second-order valence-electron chi connectivity index (χ2n) is 8.44. The highest BCUT2D eigenvalue weighted by molar-refractivity contribution is 7.89. The first-order valence-corrected chi connectivity index (χ1v) is 13.3. The molecule has 0 amide bonds. The molecule has 0 saturated carbocycles. The lowest BCUT2D eigenvalue weighted by Gasteiger charge is -2.31. The molecular weight excluding hydrogens is 446 g/mol. The molecule has 0 aliphatic carbocycles. The van der Waals surface area contributed by atoms with Crippen molar-refractivity contribution in [1.82, 2.24) is 4.31 Å². The lowest BCUT2D eigenvalue weighted by Crippen LogP contribution is -2.41. The predicted molar refractivity (Wildman–Crippen MR) is 126 cm³/mol. The monoisotopic (exact) mass is 477 g/mol. The number of thiophene rings is 1. The average molecular weight is 478 g/mol. The van der Waals surface area contributed by atoms with Crippen molar-refractivity contribution in [3.63, 3.8) is 0 Å². The zero-order valence-electron chi connectivity index (χ0n) is 19.1. The standard InChI is InChI=1S/C24H31NO5S2/c1-16-15-17(2)19(4)23(18(16)3)32(28,29)25-11-9-20(10-12-25)24(27)30-13-5-7-21(26)22-8-6-14-31-22/h6,8,14-15,20H,5,7,9-13H2,1-4H3. The maximum atomic E-state index is 13.4. The molecule has 32 heavy (non-hydrogen) atoms. The second kappa shape index (κ2) is 10.3. The van der Waals surface area contributed by atoms with Crippen molar-refractivity contribution < 1.29 is 22.7 Å². The Morgan fingerprint density at radius 1 is 1.09 bits per heavy atom. The van der Waals surface area contributed by atoms with Crippen LogP contribution < -0.4 is 0 Å². The third kappa shape index (κ3) is 5.30. The van der Waals surface area contributed by atoms with Gasteiger partial charge in [-0.3, -0.25) is 9.59 Å². The summed E-state index contributed by atoms with van der Waals surface area (Å²) < 4.78 is 33.6. The van der Waals surface area contributed by atoms with Crippen LogP contribution in [0.5, 0.6) is 0 Å². The molecule has 1 aliphatic heterocycles. The molecule has 0 N–H and O–H groups in total. The largest absolute Gasteiger partial charge is 0.465 e. The molecule has 1 saturated heterocycles. The lowest BCUT2D eigenvalue weighted by atomic mass is 9.98. The van der Waals surface area contributed by atoms with E-state index in [4.69, 9.17) is 4.74 Å². The van der Waals surface area contributed by atoms with Gasteiger partial charge in [-0.15, -0.1) is 11.3 Å². The number of sulfonamides is 1. The van der Waals surface area contributed by atoms with E-state index < -0.39 is 10.0 Å². The fraction of sp³-hybridized carbons (Fsp3) is 0.500. The van der Waals surface area contributed by atoms with Gasteiger partial charge in [-0.1, -0.05) is 12.1 Å². The van der Waals surface area contributed by atoms with Crippen LogP contribution in [0.1, 0.15) is 57.6 Å². The zero-order valence-corrected chi connectivity index (χ0v) is 20.8. The van der Waals surface area contributed by atoms with E-state index >= 15 is 0 Å². The van der Waals surface area contributed by atoms with Crippen molar-refractivity contribution >= 4 is 33.1 Å². The van der Waals surface area contributed by atoms with Crippen molar-refractivity contribution in [3.8, 4) is 0 Å². The number of hydrogen-bond donors (Lipinski definition) is 0. The first-order chi connectivity index (χ1) is 15.1. The Morgan fingerprint density at radius 2 is 1.72 bits per heavy atom. The van der Waals surface area contributed by atoms with Crippen molar-refractivity contribution in [1.29, 1.82) is 0 Å². The van der Waals surface area contributed by atoms with Crippen LogP contribution in [0.4, 0.5) is 0 Å². The number of rotatable bonds is 8. The van der Waals surface area contributed by atoms with Gasteiger partial charge in [-0.25, -0.2) is 8.42 Å². The maximum Gasteiger partial charge on any atom is 0.309 e. The molecule has 1 fully saturated rings. The van der Waals surface area contributed by atoms with Crippen LogP contribution in [0, 0.1) is 33.6 Å². The molecule has 8 heteroatoms. The van der Waals surface area contributed by atoms with Crippen LogP contribution in [0.25, 0.3) is 0 Å². The number of hydrogen-bond acceptors (Lipinski definition) is 6. The third-order valence-electron chi connectivity index (χ3n) is 6.27. The number of benzene rings is 1. The fourth-order valence-corrected chi connectivity index (χ4v) is 6.85. The van der Waals surface area contributed by atoms with Crippen molar-refractivity contribution in [2.24, 2.45) is 5.92 Å². The minimum Gasteiger partial charge on any atom is -0.465 e. The molecule has 2 heterocycles. The summed E-state index contributed by atoms with van der Waals surface area (Å²) in [6, 6.07) is 5.65. The van der Waals surface area contributed by atoms with Gasteiger partial charge in [-0.2, -0.15) is 4.31 Å². The zero-order chi connectivity index (χ0) is 23.5. The number of carbonyl (C=O) groups is 2. The molecular formula is C24H31NO5S2. The molecule has 0 unspecified atom stereocenters. The summed E-state index contributed by atoms with van der Waals surface area (Å²) in [4.78, 5) is 25.5. The highest BCUT2D eigenvalue weighted by Crippen LogP contribution is 2.31. The summed E-state index contributed by atoms with van der Waals surface area (Å²) in [5.41, 5.74) is 3.49. The summed E-state index contributed by atoms with van der Waals surface area (Å²) >= 11 is 1.41. The number of aryl methyl sites for hydroxylation is 2. The van der Waals surface area contributed by atoms with Crippen molar-refractivity contribution in [2.45, 2.75) is 58.3 Å². The molecule has 0 radical (unpaired) electrons. The molecule has 1 aliphatic rings. The van der Waals surface area contributed by atoms with Gasteiger partial charge in [0.25, 0.3) is 0 Å². The number of carbonyl (C=O) groups excluding carboxylic acids is 2. The van der Waals surface area contributed by atoms with Crippen LogP contribution in [0.15, 0.2) is 28.5 Å². The van der Waals surface area contributed by atoms with Crippen LogP contribution in [-0.2, 0) is 19.6 Å². The van der Waals surface area contributed by atoms with E-state index in [1.165, 1.54) is 15.6 Å². The summed E-state index contributed by atoms with van der Waals surface area (Å²) in [6.07, 6.45) is 1.71. The second-order valence-corrected chi connectivity index (χ2v) is 11.3. The Bertz CT molecular complexity index is 1060. The number of ether oxygens (including phenoxy) is 1. The Hall–Kier alpha value is -2.03. The first kappa shape index (κ1) is 24.6. The number of piperidine rings is 1. The van der Waals surface area contributed by atoms with Gasteiger partial charge in [0.2, 0.25) is 10.0 Å². The van der Waals surface area contributed by atoms with Crippen LogP contribution in [0.2, 0.25) is 0 Å². The number of nitrogens with zero attached hydrogens (tertiary/aromatic N) is 1. The van der Waals surface area contributed by atoms with E-state index in [2.05, 4.69) is 0 Å². The van der Waals surface area contributed by atoms with Gasteiger partial charge in [-0.05, 0) is 80.7 Å². The summed E-state index contributed by atoms with van der Waals surface area (Å²) in [7, 11) is -3.62. The normalized spacial score (nSPS) is 15.6. The smallest absolute Gasteiger partial charge is 0.309 e. The summed E-state index contributed by atoms with van der Waals surface area (Å²) in [5.74, 6) is -0.549. The molecule has 0 bridgehead atoms. The number of Topliss-reactive ketones (excluding diaryl/α,β-unsaturated/α-hetero) is 1. The van der Waals surface area contributed by atoms with E-state index in [1.54, 1.807) is 6.07 Å². The van der Waals surface area contributed by atoms with Gasteiger partial charge in [0, 0.05) is 19.5 Å². The van der Waals surface area contributed by atoms with Crippen molar-refractivity contribution in [3.05, 3.63) is 50.7 Å². The molecule has 3 rings (SSSR count). The molecule has 174 valence electrons. The summed E-state index contributed by atoms with van der Waals surface area (Å²) in [6.45, 7) is 8.35. The SMILES string of the molecule is Cc1cc(C)c(C)c(S(=O)(=O)N2CCC(C(=O)OCCCC(=O)c3cccs3)CC2)c1C. The quantitative estimate of drug-likeness (QED) is 0.316. The Kier molecular flexibility index (Phi) is 7.90. The number of ketones is 1. The van der Waals surface area contributed by atoms with Gasteiger partial charge in [0.05, 0.1) is 22.3 Å². The Balaban J connectivity index is 1.52. The van der Waals surface area contributed by atoms with Crippen LogP contribution in [-0.4, -0.2) is 44.2 Å². The van der Waals surface area contributed by atoms with Crippen LogP contribution >= 0.6 is 11.3 Å². The molecule has 6 nitrogen and oxygen atoms in total. The summed E-state index contributed by atoms with van der Waals surface area (Å²) in [5, 5.41) is 1.86. The van der Waals surface area contributed by atoms with E-state index in [-0.39, 0.29) is 24.3 Å². The van der Waals surface area contributed by atoms with Crippen molar-refractivity contribution in [2.75, 3.05) is 19.7 Å². The van der Waals surface area contributed by atoms with Gasteiger partial charge in [0.15, 0.2) is 5.78 Å². The third-order valence-corrected chi connectivity index (χ3v) is 9.36. The van der Waals surface area contributed by atoms with E-state index in [0.29, 0.717) is 43.7 Å². The highest BCUT2D eigenvalue weighted by atomic mass is 32.2. The number of esters is 1. The molecule has 0 atom stereocenters. The molecule has 1 aromatic carbocycles. The Labute approximate surface area is 194 Å². The molecule has 2 aromatic rings. The average Bonchev–Trinajstić information content (AvgIpc) is 3.30. The maximum absolute atomic E-state index is 13.4.